The predicted octanol–water partition coefficient (Wildman–Crippen LogP) is 4.09. The quantitative estimate of drug-likeness (QED) is 0.181. The molecule has 11 nitrogen and oxygen atoms in total. The van der Waals surface area contributed by atoms with Gasteiger partial charge in [-0.2, -0.15) is 0 Å². The third-order valence-electron chi connectivity index (χ3n) is 3.83. The number of hydrogen-bond acceptors (Lipinski definition) is 8. The number of nitrogens with zero attached hydrogens (tertiary/aromatic N) is 1. The first-order chi connectivity index (χ1) is 15.2. The number of carbonyl (C=O) groups is 3. The van der Waals surface area contributed by atoms with Crippen molar-refractivity contribution in [2.75, 3.05) is 6.54 Å². The summed E-state index contributed by atoms with van der Waals surface area (Å²) >= 11 is 0. The lowest BCUT2D eigenvalue weighted by molar-refractivity contribution is -0.384. The van der Waals surface area contributed by atoms with Crippen LogP contribution in [0.2, 0.25) is 0 Å². The molecular formula is C22H33N3O8. The van der Waals surface area contributed by atoms with Gasteiger partial charge in [-0.05, 0) is 72.9 Å². The number of rotatable bonds is 9. The third-order valence-corrected chi connectivity index (χ3v) is 3.83. The lowest BCUT2D eigenvalue weighted by atomic mass is 10.1. The largest absolute Gasteiger partial charge is 0.444 e. The van der Waals surface area contributed by atoms with Gasteiger partial charge in [0.1, 0.15) is 23.0 Å². The Labute approximate surface area is 193 Å². The fourth-order valence-corrected chi connectivity index (χ4v) is 2.50. The number of nitrogens with one attached hydrogen (secondary N) is 2. The van der Waals surface area contributed by atoms with Crippen LogP contribution in [0.25, 0.3) is 0 Å². The van der Waals surface area contributed by atoms with E-state index < -0.39 is 40.3 Å². The molecule has 11 heteroatoms. The lowest BCUT2D eigenvalue weighted by Gasteiger charge is -2.23. The topological polar surface area (TPSA) is 146 Å². The van der Waals surface area contributed by atoms with Gasteiger partial charge in [-0.25, -0.2) is 14.4 Å². The minimum Gasteiger partial charge on any atom is -0.444 e. The SMILES string of the molecule is CC(C)(C)OC(=O)NCCCCC(NC(=O)OC(C)(C)C)C(=O)Oc1ccc([N+](=O)[O-])cc1. The van der Waals surface area contributed by atoms with Crippen molar-refractivity contribution >= 4 is 23.8 Å². The maximum Gasteiger partial charge on any atom is 0.408 e. The van der Waals surface area contributed by atoms with Gasteiger partial charge in [0.25, 0.3) is 5.69 Å². The van der Waals surface area contributed by atoms with E-state index in [1.165, 1.54) is 24.3 Å². The molecule has 0 heterocycles. The normalized spacial score (nSPS) is 12.3. The number of alkyl carbamates (subject to hydrolysis) is 2. The monoisotopic (exact) mass is 467 g/mol. The van der Waals surface area contributed by atoms with Crippen molar-refractivity contribution < 1.29 is 33.5 Å². The van der Waals surface area contributed by atoms with Crippen LogP contribution < -0.4 is 15.4 Å². The highest BCUT2D eigenvalue weighted by atomic mass is 16.6. The van der Waals surface area contributed by atoms with Gasteiger partial charge in [-0.3, -0.25) is 10.1 Å². The molecule has 33 heavy (non-hydrogen) atoms. The molecule has 0 fully saturated rings. The van der Waals surface area contributed by atoms with E-state index in [0.717, 1.165) is 0 Å². The summed E-state index contributed by atoms with van der Waals surface area (Å²) < 4.78 is 15.6. The van der Waals surface area contributed by atoms with Crippen LogP contribution in [0.5, 0.6) is 5.75 Å². The van der Waals surface area contributed by atoms with Crippen LogP contribution in [0.3, 0.4) is 0 Å². The van der Waals surface area contributed by atoms with Crippen molar-refractivity contribution in [2.24, 2.45) is 0 Å². The van der Waals surface area contributed by atoms with Gasteiger partial charge in [0.2, 0.25) is 0 Å². The van der Waals surface area contributed by atoms with E-state index in [4.69, 9.17) is 14.2 Å². The van der Waals surface area contributed by atoms with Crippen molar-refractivity contribution in [3.63, 3.8) is 0 Å². The van der Waals surface area contributed by atoms with Crippen LogP contribution in [-0.4, -0.2) is 46.9 Å². The molecule has 0 saturated heterocycles. The minimum absolute atomic E-state index is 0.105. The molecule has 0 saturated carbocycles. The molecule has 0 bridgehead atoms. The number of esters is 1. The van der Waals surface area contributed by atoms with Gasteiger partial charge >= 0.3 is 18.2 Å². The molecular weight excluding hydrogens is 434 g/mol. The van der Waals surface area contributed by atoms with E-state index in [9.17, 15) is 24.5 Å². The Morgan fingerprint density at radius 1 is 0.939 bits per heavy atom. The second-order valence-electron chi connectivity index (χ2n) is 9.30. The van der Waals surface area contributed by atoms with Gasteiger partial charge in [0.15, 0.2) is 0 Å². The Balaban J connectivity index is 2.68. The predicted molar refractivity (Wildman–Crippen MR) is 120 cm³/mol. The summed E-state index contributed by atoms with van der Waals surface area (Å²) in [5, 5.41) is 15.9. The van der Waals surface area contributed by atoms with Gasteiger partial charge in [0.05, 0.1) is 4.92 Å². The molecule has 0 aliphatic heterocycles. The average Bonchev–Trinajstić information content (AvgIpc) is 2.64. The van der Waals surface area contributed by atoms with E-state index in [-0.39, 0.29) is 17.9 Å². The Kier molecular flexibility index (Phi) is 10.1. The summed E-state index contributed by atoms with van der Waals surface area (Å²) in [6.45, 7) is 10.7. The summed E-state index contributed by atoms with van der Waals surface area (Å²) in [7, 11) is 0. The maximum absolute atomic E-state index is 12.6. The number of benzene rings is 1. The summed E-state index contributed by atoms with van der Waals surface area (Å²) in [6, 6.07) is 4.00. The molecule has 184 valence electrons. The van der Waals surface area contributed by atoms with E-state index >= 15 is 0 Å². The summed E-state index contributed by atoms with van der Waals surface area (Å²) in [5.41, 5.74) is -1.50. The molecule has 0 aromatic heterocycles. The zero-order chi connectivity index (χ0) is 25.2. The number of ether oxygens (including phenoxy) is 3. The second-order valence-corrected chi connectivity index (χ2v) is 9.30. The Morgan fingerprint density at radius 3 is 2.00 bits per heavy atom. The molecule has 0 spiro atoms. The van der Waals surface area contributed by atoms with Crippen molar-refractivity contribution in [1.82, 2.24) is 10.6 Å². The zero-order valence-corrected chi connectivity index (χ0v) is 19.9. The molecule has 0 aliphatic carbocycles. The molecule has 1 aromatic carbocycles. The Bertz CT molecular complexity index is 826. The number of amides is 2. The maximum atomic E-state index is 12.6. The second kappa shape index (κ2) is 12.0. The van der Waals surface area contributed by atoms with Crippen LogP contribution >= 0.6 is 0 Å². The first kappa shape index (κ1) is 27.7. The summed E-state index contributed by atoms with van der Waals surface area (Å²) in [6.07, 6.45) is -0.0907. The molecule has 1 unspecified atom stereocenters. The summed E-state index contributed by atoms with van der Waals surface area (Å²) in [4.78, 5) is 46.7. The van der Waals surface area contributed by atoms with Crippen LogP contribution in [-0.2, 0) is 14.3 Å². The number of carbonyl (C=O) groups excluding carboxylic acids is 3. The zero-order valence-electron chi connectivity index (χ0n) is 19.9. The van der Waals surface area contributed by atoms with Crippen molar-refractivity contribution in [1.29, 1.82) is 0 Å². The van der Waals surface area contributed by atoms with E-state index in [1.54, 1.807) is 41.5 Å². The number of hydrogen-bond donors (Lipinski definition) is 2. The number of nitro benzene ring substituents is 1. The van der Waals surface area contributed by atoms with Crippen molar-refractivity contribution in [2.45, 2.75) is 78.0 Å². The molecule has 2 N–H and O–H groups in total. The smallest absolute Gasteiger partial charge is 0.408 e. The molecule has 0 aliphatic rings. The molecule has 0 radical (unpaired) electrons. The first-order valence-electron chi connectivity index (χ1n) is 10.6. The fourth-order valence-electron chi connectivity index (χ4n) is 2.50. The van der Waals surface area contributed by atoms with Crippen LogP contribution in [0.15, 0.2) is 24.3 Å². The molecule has 1 rings (SSSR count). The standard InChI is InChI=1S/C22H33N3O8/c1-21(2,3)32-19(27)23-14-8-7-9-17(24-20(28)33-22(4,5)6)18(26)31-16-12-10-15(11-13-16)25(29)30/h10-13,17H,7-9,14H2,1-6H3,(H,23,27)(H,24,28). The highest BCUT2D eigenvalue weighted by molar-refractivity contribution is 5.83. The Hall–Kier alpha value is -3.37. The van der Waals surface area contributed by atoms with Gasteiger partial charge in [0, 0.05) is 18.7 Å². The van der Waals surface area contributed by atoms with Crippen LogP contribution in [0, 0.1) is 10.1 Å². The Morgan fingerprint density at radius 2 is 1.48 bits per heavy atom. The average molecular weight is 468 g/mol. The minimum atomic E-state index is -1.02. The molecule has 2 amide bonds. The highest BCUT2D eigenvalue weighted by Gasteiger charge is 2.26. The fraction of sp³-hybridized carbons (Fsp3) is 0.591. The van der Waals surface area contributed by atoms with E-state index in [0.29, 0.717) is 19.4 Å². The van der Waals surface area contributed by atoms with Crippen molar-refractivity contribution in [3.8, 4) is 5.75 Å². The molecule has 1 atom stereocenters. The number of non-ortho nitro benzene ring substituents is 1. The van der Waals surface area contributed by atoms with Gasteiger partial charge in [-0.15, -0.1) is 0 Å². The van der Waals surface area contributed by atoms with E-state index in [2.05, 4.69) is 10.6 Å². The lowest BCUT2D eigenvalue weighted by Crippen LogP contribution is -2.45. The van der Waals surface area contributed by atoms with Gasteiger partial charge < -0.3 is 24.8 Å². The first-order valence-corrected chi connectivity index (χ1v) is 10.6. The van der Waals surface area contributed by atoms with Gasteiger partial charge in [-0.1, -0.05) is 0 Å². The van der Waals surface area contributed by atoms with E-state index in [1.807, 2.05) is 0 Å². The number of unbranched alkanes of at least 4 members (excludes halogenated alkanes) is 1. The van der Waals surface area contributed by atoms with Crippen LogP contribution in [0.1, 0.15) is 60.8 Å². The number of nitro groups is 1. The highest BCUT2D eigenvalue weighted by Crippen LogP contribution is 2.18. The summed E-state index contributed by atoms with van der Waals surface area (Å²) in [5.74, 6) is -0.636. The van der Waals surface area contributed by atoms with Crippen molar-refractivity contribution in [3.05, 3.63) is 34.4 Å². The third kappa shape index (κ3) is 12.3. The van der Waals surface area contributed by atoms with Crippen LogP contribution in [0.4, 0.5) is 15.3 Å². The molecule has 1 aromatic rings.